The van der Waals surface area contributed by atoms with Gasteiger partial charge >= 0.3 is 6.03 Å². The van der Waals surface area contributed by atoms with Crippen molar-refractivity contribution in [3.63, 3.8) is 0 Å². The molecule has 0 saturated heterocycles. The van der Waals surface area contributed by atoms with Crippen molar-refractivity contribution in [2.45, 2.75) is 27.3 Å². The predicted molar refractivity (Wildman–Crippen MR) is 97.4 cm³/mol. The fourth-order valence-electron chi connectivity index (χ4n) is 2.80. The van der Waals surface area contributed by atoms with Crippen molar-refractivity contribution in [2.75, 3.05) is 11.9 Å². The molecule has 0 bridgehead atoms. The summed E-state index contributed by atoms with van der Waals surface area (Å²) in [5.74, 6) is 0.952. The summed E-state index contributed by atoms with van der Waals surface area (Å²) in [6.45, 7) is 7.20. The Hall–Kier alpha value is -2.82. The van der Waals surface area contributed by atoms with Gasteiger partial charge in [0, 0.05) is 18.8 Å². The fraction of sp³-hybridized carbons (Fsp3) is 0.263. The Bertz CT molecular complexity index is 882. The monoisotopic (exact) mass is 322 g/mol. The van der Waals surface area contributed by atoms with Crippen LogP contribution in [0.15, 0.2) is 42.5 Å². The molecule has 0 fully saturated rings. The minimum Gasteiger partial charge on any atom is -0.336 e. The zero-order valence-corrected chi connectivity index (χ0v) is 14.3. The van der Waals surface area contributed by atoms with Crippen LogP contribution >= 0.6 is 0 Å². The van der Waals surface area contributed by atoms with Gasteiger partial charge in [-0.05, 0) is 50.1 Å². The number of hydrogen-bond acceptors (Lipinski definition) is 2. The highest BCUT2D eigenvalue weighted by Crippen LogP contribution is 2.16. The Balaban J connectivity index is 1.60. The number of aryl methyl sites for hydroxylation is 3. The minimum absolute atomic E-state index is 0.189. The Morgan fingerprint density at radius 1 is 1.12 bits per heavy atom. The molecule has 0 aliphatic heterocycles. The first-order valence-electron chi connectivity index (χ1n) is 8.08. The van der Waals surface area contributed by atoms with Crippen molar-refractivity contribution in [3.05, 3.63) is 59.4 Å². The molecule has 0 atom stereocenters. The number of anilines is 1. The number of carbonyl (C=O) groups excluding carboxylic acids is 1. The van der Waals surface area contributed by atoms with E-state index in [2.05, 4.69) is 20.2 Å². The molecule has 0 radical (unpaired) electrons. The maximum atomic E-state index is 12.1. The number of carbonyl (C=O) groups is 1. The van der Waals surface area contributed by atoms with Crippen LogP contribution in [0.4, 0.5) is 10.5 Å². The van der Waals surface area contributed by atoms with Gasteiger partial charge in [0.2, 0.25) is 0 Å². The fourth-order valence-corrected chi connectivity index (χ4v) is 2.80. The highest BCUT2D eigenvalue weighted by molar-refractivity contribution is 5.90. The van der Waals surface area contributed by atoms with Crippen molar-refractivity contribution in [1.29, 1.82) is 0 Å². The molecule has 0 aliphatic rings. The molecular formula is C19H22N4O. The summed E-state index contributed by atoms with van der Waals surface area (Å²) in [5, 5.41) is 5.82. The van der Waals surface area contributed by atoms with Crippen LogP contribution in [0, 0.1) is 20.8 Å². The third-order valence-electron chi connectivity index (χ3n) is 4.11. The molecule has 2 amide bonds. The number of urea groups is 1. The quantitative estimate of drug-likeness (QED) is 0.768. The van der Waals surface area contributed by atoms with Gasteiger partial charge in [-0.15, -0.1) is 0 Å². The second kappa shape index (κ2) is 6.74. The number of imidazole rings is 1. The van der Waals surface area contributed by atoms with Gasteiger partial charge in [0.05, 0.1) is 11.0 Å². The molecule has 124 valence electrons. The second-order valence-electron chi connectivity index (χ2n) is 6.00. The van der Waals surface area contributed by atoms with Gasteiger partial charge in [-0.3, -0.25) is 0 Å². The van der Waals surface area contributed by atoms with Crippen LogP contribution in [-0.2, 0) is 6.54 Å². The Kier molecular flexibility index (Phi) is 4.51. The SMILES string of the molecule is Cc1ccc(C)c(NC(=O)NCCn2c(C)nc3ccccc32)c1. The molecule has 2 aromatic carbocycles. The molecule has 0 unspecified atom stereocenters. The first-order chi connectivity index (χ1) is 11.5. The van der Waals surface area contributed by atoms with E-state index in [4.69, 9.17) is 0 Å². The van der Waals surface area contributed by atoms with Crippen LogP contribution in [0.1, 0.15) is 17.0 Å². The van der Waals surface area contributed by atoms with Gasteiger partial charge in [0.15, 0.2) is 0 Å². The summed E-state index contributed by atoms with van der Waals surface area (Å²) in [5.41, 5.74) is 5.09. The van der Waals surface area contributed by atoms with Crippen molar-refractivity contribution >= 4 is 22.8 Å². The van der Waals surface area contributed by atoms with Crippen LogP contribution < -0.4 is 10.6 Å². The zero-order valence-electron chi connectivity index (χ0n) is 14.3. The van der Waals surface area contributed by atoms with Gasteiger partial charge in [0.25, 0.3) is 0 Å². The predicted octanol–water partition coefficient (Wildman–Crippen LogP) is 3.78. The molecule has 1 heterocycles. The first-order valence-corrected chi connectivity index (χ1v) is 8.08. The molecule has 24 heavy (non-hydrogen) atoms. The number of para-hydroxylation sites is 2. The Labute approximate surface area is 141 Å². The number of hydrogen-bond donors (Lipinski definition) is 2. The summed E-state index contributed by atoms with van der Waals surface area (Å²) < 4.78 is 2.12. The average molecular weight is 322 g/mol. The summed E-state index contributed by atoms with van der Waals surface area (Å²) in [4.78, 5) is 16.6. The molecular weight excluding hydrogens is 300 g/mol. The van der Waals surface area contributed by atoms with Gasteiger partial charge in [-0.2, -0.15) is 0 Å². The number of nitrogens with zero attached hydrogens (tertiary/aromatic N) is 2. The summed E-state index contributed by atoms with van der Waals surface area (Å²) in [6.07, 6.45) is 0. The smallest absolute Gasteiger partial charge is 0.319 e. The number of amides is 2. The summed E-state index contributed by atoms with van der Waals surface area (Å²) >= 11 is 0. The van der Waals surface area contributed by atoms with E-state index in [0.717, 1.165) is 33.7 Å². The van der Waals surface area contributed by atoms with Gasteiger partial charge in [0.1, 0.15) is 5.82 Å². The third-order valence-corrected chi connectivity index (χ3v) is 4.11. The highest BCUT2D eigenvalue weighted by Gasteiger charge is 2.08. The molecule has 1 aromatic heterocycles. The van der Waals surface area contributed by atoms with E-state index in [1.54, 1.807) is 0 Å². The lowest BCUT2D eigenvalue weighted by atomic mass is 10.1. The number of nitrogens with one attached hydrogen (secondary N) is 2. The lowest BCUT2D eigenvalue weighted by molar-refractivity contribution is 0.251. The molecule has 3 rings (SSSR count). The van der Waals surface area contributed by atoms with Crippen LogP contribution in [0.3, 0.4) is 0 Å². The van der Waals surface area contributed by atoms with E-state index in [-0.39, 0.29) is 6.03 Å². The van der Waals surface area contributed by atoms with Crippen LogP contribution in [0.25, 0.3) is 11.0 Å². The van der Waals surface area contributed by atoms with E-state index in [1.165, 1.54) is 0 Å². The van der Waals surface area contributed by atoms with E-state index in [0.29, 0.717) is 13.1 Å². The molecule has 5 nitrogen and oxygen atoms in total. The van der Waals surface area contributed by atoms with Crippen LogP contribution in [-0.4, -0.2) is 22.1 Å². The molecule has 0 saturated carbocycles. The van der Waals surface area contributed by atoms with Gasteiger partial charge < -0.3 is 15.2 Å². The Morgan fingerprint density at radius 2 is 1.92 bits per heavy atom. The van der Waals surface area contributed by atoms with E-state index in [9.17, 15) is 4.79 Å². The lowest BCUT2D eigenvalue weighted by Crippen LogP contribution is -2.31. The molecule has 3 aromatic rings. The molecule has 2 N–H and O–H groups in total. The lowest BCUT2D eigenvalue weighted by Gasteiger charge is -2.12. The third kappa shape index (κ3) is 3.40. The molecule has 0 aliphatic carbocycles. The largest absolute Gasteiger partial charge is 0.336 e. The number of benzene rings is 2. The van der Waals surface area contributed by atoms with Gasteiger partial charge in [-0.1, -0.05) is 24.3 Å². The summed E-state index contributed by atoms with van der Waals surface area (Å²) in [6, 6.07) is 13.9. The van der Waals surface area contributed by atoms with Crippen molar-refractivity contribution in [2.24, 2.45) is 0 Å². The van der Waals surface area contributed by atoms with E-state index >= 15 is 0 Å². The van der Waals surface area contributed by atoms with Crippen molar-refractivity contribution in [1.82, 2.24) is 14.9 Å². The summed E-state index contributed by atoms with van der Waals surface area (Å²) in [7, 11) is 0. The van der Waals surface area contributed by atoms with Crippen molar-refractivity contribution < 1.29 is 4.79 Å². The van der Waals surface area contributed by atoms with Crippen molar-refractivity contribution in [3.8, 4) is 0 Å². The average Bonchev–Trinajstić information content (AvgIpc) is 2.87. The van der Waals surface area contributed by atoms with E-state index in [1.807, 2.05) is 63.2 Å². The highest BCUT2D eigenvalue weighted by atomic mass is 16.2. The Morgan fingerprint density at radius 3 is 2.75 bits per heavy atom. The van der Waals surface area contributed by atoms with Crippen LogP contribution in [0.2, 0.25) is 0 Å². The number of rotatable bonds is 4. The second-order valence-corrected chi connectivity index (χ2v) is 6.00. The van der Waals surface area contributed by atoms with Crippen LogP contribution in [0.5, 0.6) is 0 Å². The standard InChI is InChI=1S/C19H22N4O/c1-13-8-9-14(2)17(12-13)22-19(24)20-10-11-23-15(3)21-16-6-4-5-7-18(16)23/h4-9,12H,10-11H2,1-3H3,(H2,20,22,24). The molecule has 5 heteroatoms. The maximum Gasteiger partial charge on any atom is 0.319 e. The normalized spacial score (nSPS) is 10.8. The molecule has 0 spiro atoms. The number of fused-ring (bicyclic) bond motifs is 1. The topological polar surface area (TPSA) is 59.0 Å². The maximum absolute atomic E-state index is 12.1. The van der Waals surface area contributed by atoms with E-state index < -0.39 is 0 Å². The minimum atomic E-state index is -0.189. The zero-order chi connectivity index (χ0) is 17.1. The van der Waals surface area contributed by atoms with Gasteiger partial charge in [-0.25, -0.2) is 9.78 Å². The number of aromatic nitrogens is 2. The first kappa shape index (κ1) is 16.1.